The quantitative estimate of drug-likeness (QED) is 0.889. The maximum Gasteiger partial charge on any atom is 0.112 e. The third-order valence-electron chi connectivity index (χ3n) is 4.42. The molecule has 2 unspecified atom stereocenters. The molecule has 0 spiro atoms. The fourth-order valence-corrected chi connectivity index (χ4v) is 3.37. The summed E-state index contributed by atoms with van der Waals surface area (Å²) >= 11 is 0. The number of nitrogens with zero attached hydrogens (tertiary/aromatic N) is 2. The first kappa shape index (κ1) is 13.6. The minimum atomic E-state index is 0.458. The topological polar surface area (TPSA) is 29.9 Å². The molecule has 0 saturated heterocycles. The Morgan fingerprint density at radius 1 is 1.50 bits per heavy atom. The zero-order valence-electron chi connectivity index (χ0n) is 12.2. The number of hydrogen-bond acceptors (Lipinski definition) is 2. The molecule has 2 atom stereocenters. The molecule has 0 bridgehead atoms. The fraction of sp³-hybridized carbons (Fsp3) is 0.800. The summed E-state index contributed by atoms with van der Waals surface area (Å²) in [4.78, 5) is 4.64. The molecule has 3 nitrogen and oxygen atoms in total. The lowest BCUT2D eigenvalue weighted by Crippen LogP contribution is -2.35. The van der Waals surface area contributed by atoms with Crippen molar-refractivity contribution in [1.29, 1.82) is 0 Å². The predicted octanol–water partition coefficient (Wildman–Crippen LogP) is 3.03. The van der Waals surface area contributed by atoms with Gasteiger partial charge in [-0.25, -0.2) is 4.98 Å². The van der Waals surface area contributed by atoms with Crippen LogP contribution in [0.4, 0.5) is 0 Å². The van der Waals surface area contributed by atoms with Gasteiger partial charge in [0.15, 0.2) is 0 Å². The Morgan fingerprint density at radius 2 is 2.28 bits per heavy atom. The Kier molecular flexibility index (Phi) is 4.10. The molecule has 102 valence electrons. The Bertz CT molecular complexity index is 381. The smallest absolute Gasteiger partial charge is 0.112 e. The van der Waals surface area contributed by atoms with E-state index in [4.69, 9.17) is 0 Å². The van der Waals surface area contributed by atoms with E-state index < -0.39 is 0 Å². The Hall–Kier alpha value is -0.830. The summed E-state index contributed by atoms with van der Waals surface area (Å²) in [6.07, 6.45) is 7.98. The van der Waals surface area contributed by atoms with Crippen LogP contribution in [0.5, 0.6) is 0 Å². The van der Waals surface area contributed by atoms with Gasteiger partial charge in [-0.05, 0) is 51.1 Å². The van der Waals surface area contributed by atoms with Crippen LogP contribution < -0.4 is 5.32 Å². The Morgan fingerprint density at radius 3 is 2.94 bits per heavy atom. The highest BCUT2D eigenvalue weighted by Crippen LogP contribution is 2.46. The second-order valence-electron chi connectivity index (χ2n) is 6.40. The molecule has 1 aliphatic rings. The van der Waals surface area contributed by atoms with Gasteiger partial charge in [0.25, 0.3) is 0 Å². The van der Waals surface area contributed by atoms with Crippen LogP contribution >= 0.6 is 0 Å². The van der Waals surface area contributed by atoms with Crippen molar-refractivity contribution in [3.8, 4) is 0 Å². The lowest BCUT2D eigenvalue weighted by Gasteiger charge is -2.40. The maximum atomic E-state index is 4.64. The van der Waals surface area contributed by atoms with Crippen LogP contribution in [0.25, 0.3) is 0 Å². The van der Waals surface area contributed by atoms with E-state index in [9.17, 15) is 0 Å². The maximum absolute atomic E-state index is 4.64. The van der Waals surface area contributed by atoms with Gasteiger partial charge in [0.05, 0.1) is 0 Å². The van der Waals surface area contributed by atoms with Gasteiger partial charge in [0, 0.05) is 24.9 Å². The van der Waals surface area contributed by atoms with Crippen LogP contribution in [0.3, 0.4) is 0 Å². The summed E-state index contributed by atoms with van der Waals surface area (Å²) in [5.74, 6) is 2.64. The van der Waals surface area contributed by atoms with Crippen molar-refractivity contribution in [2.24, 2.45) is 11.3 Å². The molecule has 18 heavy (non-hydrogen) atoms. The summed E-state index contributed by atoms with van der Waals surface area (Å²) in [5.41, 5.74) is 0.458. The number of imidazole rings is 1. The van der Waals surface area contributed by atoms with Gasteiger partial charge in [-0.1, -0.05) is 13.8 Å². The minimum Gasteiger partial charge on any atom is -0.335 e. The average Bonchev–Trinajstić information content (AvgIpc) is 2.79. The lowest BCUT2D eigenvalue weighted by atomic mass is 9.67. The van der Waals surface area contributed by atoms with Crippen molar-refractivity contribution in [3.63, 3.8) is 0 Å². The van der Waals surface area contributed by atoms with E-state index in [0.717, 1.165) is 19.0 Å². The highest BCUT2D eigenvalue weighted by Gasteiger charge is 2.37. The molecular formula is C15H27N3. The van der Waals surface area contributed by atoms with Crippen molar-refractivity contribution in [3.05, 3.63) is 18.2 Å². The number of hydrogen-bond donors (Lipinski definition) is 1. The molecule has 0 aliphatic heterocycles. The average molecular weight is 249 g/mol. The zero-order valence-corrected chi connectivity index (χ0v) is 12.2. The molecule has 1 heterocycles. The standard InChI is InChI=1S/C15H27N3/c1-5-18-9-8-17-14(18)13-10-15(2,3)7-6-12(13)11-16-4/h8-9,12-13,16H,5-7,10-11H2,1-4H3. The molecule has 1 fully saturated rings. The first-order valence-corrected chi connectivity index (χ1v) is 7.23. The largest absolute Gasteiger partial charge is 0.335 e. The van der Waals surface area contributed by atoms with Gasteiger partial charge in [0.2, 0.25) is 0 Å². The molecule has 0 amide bonds. The molecule has 0 aromatic carbocycles. The molecular weight excluding hydrogens is 222 g/mol. The van der Waals surface area contributed by atoms with Crippen LogP contribution in [0.2, 0.25) is 0 Å². The normalized spacial score (nSPS) is 27.3. The molecule has 2 rings (SSSR count). The molecule has 1 aliphatic carbocycles. The van der Waals surface area contributed by atoms with Crippen LogP contribution in [0, 0.1) is 11.3 Å². The van der Waals surface area contributed by atoms with Gasteiger partial charge in [-0.15, -0.1) is 0 Å². The lowest BCUT2D eigenvalue weighted by molar-refractivity contribution is 0.154. The molecule has 1 N–H and O–H groups in total. The van der Waals surface area contributed by atoms with E-state index in [0.29, 0.717) is 11.3 Å². The Labute approximate surface area is 111 Å². The minimum absolute atomic E-state index is 0.458. The van der Waals surface area contributed by atoms with Crippen molar-refractivity contribution >= 4 is 0 Å². The van der Waals surface area contributed by atoms with E-state index in [-0.39, 0.29) is 0 Å². The first-order chi connectivity index (χ1) is 8.57. The van der Waals surface area contributed by atoms with E-state index in [1.54, 1.807) is 0 Å². The summed E-state index contributed by atoms with van der Waals surface area (Å²) in [5, 5.41) is 3.36. The second kappa shape index (κ2) is 5.43. The highest BCUT2D eigenvalue weighted by atomic mass is 15.1. The van der Waals surface area contributed by atoms with E-state index in [1.165, 1.54) is 25.1 Å². The molecule has 1 aromatic rings. The van der Waals surface area contributed by atoms with E-state index in [2.05, 4.69) is 48.9 Å². The SMILES string of the molecule is CCn1ccnc1C1CC(C)(C)CCC1CNC. The van der Waals surface area contributed by atoms with Gasteiger partial charge in [-0.3, -0.25) is 0 Å². The van der Waals surface area contributed by atoms with Crippen molar-refractivity contribution < 1.29 is 0 Å². The number of aromatic nitrogens is 2. The van der Waals surface area contributed by atoms with Crippen LogP contribution in [-0.2, 0) is 6.54 Å². The van der Waals surface area contributed by atoms with Crippen molar-refractivity contribution in [2.75, 3.05) is 13.6 Å². The molecule has 3 heteroatoms. The number of aryl methyl sites for hydroxylation is 1. The van der Waals surface area contributed by atoms with Crippen molar-refractivity contribution in [1.82, 2.24) is 14.9 Å². The summed E-state index contributed by atoms with van der Waals surface area (Å²) in [6, 6.07) is 0. The van der Waals surface area contributed by atoms with Gasteiger partial charge < -0.3 is 9.88 Å². The van der Waals surface area contributed by atoms with E-state index >= 15 is 0 Å². The number of rotatable bonds is 4. The first-order valence-electron chi connectivity index (χ1n) is 7.23. The van der Waals surface area contributed by atoms with Gasteiger partial charge in [0.1, 0.15) is 5.82 Å². The third kappa shape index (κ3) is 2.77. The Balaban J connectivity index is 2.24. The molecule has 0 radical (unpaired) electrons. The van der Waals surface area contributed by atoms with Crippen LogP contribution in [0.15, 0.2) is 12.4 Å². The summed E-state index contributed by atoms with van der Waals surface area (Å²) < 4.78 is 2.31. The van der Waals surface area contributed by atoms with Crippen LogP contribution in [0.1, 0.15) is 51.8 Å². The summed E-state index contributed by atoms with van der Waals surface area (Å²) in [6.45, 7) is 9.13. The monoisotopic (exact) mass is 249 g/mol. The highest BCUT2D eigenvalue weighted by molar-refractivity contribution is 5.07. The third-order valence-corrected chi connectivity index (χ3v) is 4.42. The number of nitrogens with one attached hydrogen (secondary N) is 1. The summed E-state index contributed by atoms with van der Waals surface area (Å²) in [7, 11) is 2.06. The zero-order chi connectivity index (χ0) is 13.2. The van der Waals surface area contributed by atoms with Crippen molar-refractivity contribution in [2.45, 2.75) is 52.5 Å². The second-order valence-corrected chi connectivity index (χ2v) is 6.40. The van der Waals surface area contributed by atoms with Gasteiger partial charge >= 0.3 is 0 Å². The predicted molar refractivity (Wildman–Crippen MR) is 75.7 cm³/mol. The van der Waals surface area contributed by atoms with Crippen LogP contribution in [-0.4, -0.2) is 23.1 Å². The molecule has 1 saturated carbocycles. The fourth-order valence-electron chi connectivity index (χ4n) is 3.37. The van der Waals surface area contributed by atoms with E-state index in [1.807, 2.05) is 6.20 Å². The van der Waals surface area contributed by atoms with Gasteiger partial charge in [-0.2, -0.15) is 0 Å². The molecule has 1 aromatic heterocycles.